The molecule has 1 amide bonds. The molecule has 1 N–H and O–H groups in total. The summed E-state index contributed by atoms with van der Waals surface area (Å²) in [4.78, 5) is 11.3. The van der Waals surface area contributed by atoms with E-state index < -0.39 is 0 Å². The molecule has 1 aliphatic rings. The lowest BCUT2D eigenvalue weighted by molar-refractivity contribution is -0.118. The molecule has 1 aliphatic carbocycles. The topological polar surface area (TPSA) is 29.1 Å². The van der Waals surface area contributed by atoms with E-state index in [1.165, 1.54) is 6.42 Å². The summed E-state index contributed by atoms with van der Waals surface area (Å²) in [5, 5.41) is 3.00. The lowest BCUT2D eigenvalue weighted by Gasteiger charge is -2.34. The lowest BCUT2D eigenvalue weighted by Crippen LogP contribution is -2.44. The second-order valence-corrected chi connectivity index (χ2v) is 4.27. The van der Waals surface area contributed by atoms with Crippen molar-refractivity contribution in [3.05, 3.63) is 12.2 Å². The van der Waals surface area contributed by atoms with Gasteiger partial charge in [0.05, 0.1) is 0 Å². The van der Waals surface area contributed by atoms with Crippen LogP contribution in [0.4, 0.5) is 0 Å². The summed E-state index contributed by atoms with van der Waals surface area (Å²) in [5.74, 6) is 1.17. The smallest absolute Gasteiger partial charge is 0.243 e. The molecule has 0 aromatic heterocycles. The Labute approximate surface area is 80.4 Å². The van der Waals surface area contributed by atoms with Crippen LogP contribution in [0, 0.1) is 11.8 Å². The van der Waals surface area contributed by atoms with Crippen molar-refractivity contribution in [3.63, 3.8) is 0 Å². The zero-order valence-electron chi connectivity index (χ0n) is 8.71. The summed E-state index contributed by atoms with van der Waals surface area (Å²) in [5.41, 5.74) is 0. The predicted molar refractivity (Wildman–Crippen MR) is 54.3 cm³/mol. The fourth-order valence-corrected chi connectivity index (χ4v) is 1.39. The third kappa shape index (κ3) is 3.21. The van der Waals surface area contributed by atoms with Crippen molar-refractivity contribution in [1.29, 1.82) is 0 Å². The number of nitrogens with one attached hydrogen (secondary N) is 1. The van der Waals surface area contributed by atoms with Crippen molar-refractivity contribution < 1.29 is 4.79 Å². The van der Waals surface area contributed by atoms with Crippen molar-refractivity contribution in [2.45, 2.75) is 39.7 Å². The molecule has 13 heavy (non-hydrogen) atoms. The normalized spacial score (nSPS) is 27.7. The molecule has 74 valence electrons. The molecule has 0 saturated heterocycles. The highest BCUT2D eigenvalue weighted by Gasteiger charge is 2.27. The number of allylic oxidation sites excluding steroid dienone is 1. The monoisotopic (exact) mass is 181 g/mol. The first kappa shape index (κ1) is 10.3. The largest absolute Gasteiger partial charge is 0.350 e. The van der Waals surface area contributed by atoms with E-state index in [0.29, 0.717) is 17.9 Å². The maximum absolute atomic E-state index is 11.3. The van der Waals surface area contributed by atoms with Crippen LogP contribution in [0.3, 0.4) is 0 Å². The third-order valence-electron chi connectivity index (χ3n) is 2.58. The van der Waals surface area contributed by atoms with Gasteiger partial charge in [-0.3, -0.25) is 4.79 Å². The van der Waals surface area contributed by atoms with E-state index in [-0.39, 0.29) is 5.91 Å². The maximum atomic E-state index is 11.3. The maximum Gasteiger partial charge on any atom is 0.243 e. The van der Waals surface area contributed by atoms with Crippen LogP contribution < -0.4 is 5.32 Å². The van der Waals surface area contributed by atoms with Gasteiger partial charge in [-0.2, -0.15) is 0 Å². The van der Waals surface area contributed by atoms with Crippen molar-refractivity contribution >= 4 is 5.91 Å². The number of hydrogen-bond acceptors (Lipinski definition) is 1. The van der Waals surface area contributed by atoms with Gasteiger partial charge in [-0.15, -0.1) is 0 Å². The van der Waals surface area contributed by atoms with E-state index >= 15 is 0 Å². The Balaban J connectivity index is 2.25. The number of hydrogen-bond donors (Lipinski definition) is 1. The van der Waals surface area contributed by atoms with Crippen LogP contribution in [0.1, 0.15) is 33.6 Å². The van der Waals surface area contributed by atoms with E-state index in [0.717, 1.165) is 6.42 Å². The zero-order chi connectivity index (χ0) is 9.84. The third-order valence-corrected chi connectivity index (χ3v) is 2.58. The highest BCUT2D eigenvalue weighted by atomic mass is 16.1. The fourth-order valence-electron chi connectivity index (χ4n) is 1.39. The highest BCUT2D eigenvalue weighted by molar-refractivity contribution is 5.87. The summed E-state index contributed by atoms with van der Waals surface area (Å²) in [6.07, 6.45) is 5.97. The Morgan fingerprint density at radius 2 is 2.15 bits per heavy atom. The summed E-state index contributed by atoms with van der Waals surface area (Å²) >= 11 is 0. The van der Waals surface area contributed by atoms with Gasteiger partial charge in [0.2, 0.25) is 5.91 Å². The van der Waals surface area contributed by atoms with Crippen molar-refractivity contribution in [3.8, 4) is 0 Å². The number of rotatable bonds is 3. The summed E-state index contributed by atoms with van der Waals surface area (Å²) < 4.78 is 0. The Bertz CT molecular complexity index is 208. The van der Waals surface area contributed by atoms with Gasteiger partial charge in [0.1, 0.15) is 0 Å². The first-order valence-electron chi connectivity index (χ1n) is 5.08. The lowest BCUT2D eigenvalue weighted by atomic mass is 9.81. The Morgan fingerprint density at radius 1 is 1.46 bits per heavy atom. The molecule has 0 aromatic rings. The average Bonchev–Trinajstić information content (AvgIpc) is 2.08. The van der Waals surface area contributed by atoms with E-state index in [4.69, 9.17) is 0 Å². The standard InChI is InChI=1S/C11H19NO/c1-8(2)4-7-11(13)12-10-6-5-9(10)3/h4,7-10H,5-6H2,1-3H3,(H,12,13)/b7-4+. The molecule has 1 rings (SSSR count). The first-order valence-corrected chi connectivity index (χ1v) is 5.08. The molecular weight excluding hydrogens is 162 g/mol. The Hall–Kier alpha value is -0.790. The van der Waals surface area contributed by atoms with Crippen molar-refractivity contribution in [1.82, 2.24) is 5.32 Å². The molecule has 2 atom stereocenters. The van der Waals surface area contributed by atoms with Gasteiger partial charge in [-0.05, 0) is 30.8 Å². The molecule has 2 heteroatoms. The summed E-state index contributed by atoms with van der Waals surface area (Å²) in [6.45, 7) is 6.31. The van der Waals surface area contributed by atoms with Crippen LogP contribution >= 0.6 is 0 Å². The van der Waals surface area contributed by atoms with Gasteiger partial charge in [-0.25, -0.2) is 0 Å². The van der Waals surface area contributed by atoms with Crippen LogP contribution in [0.25, 0.3) is 0 Å². The molecule has 0 bridgehead atoms. The molecule has 1 saturated carbocycles. The average molecular weight is 181 g/mol. The van der Waals surface area contributed by atoms with Crippen LogP contribution in [-0.2, 0) is 4.79 Å². The molecular formula is C11H19NO. The van der Waals surface area contributed by atoms with Crippen LogP contribution in [0.15, 0.2) is 12.2 Å². The SMILES string of the molecule is CC(C)/C=C/C(=O)NC1CCC1C. The van der Waals surface area contributed by atoms with E-state index in [9.17, 15) is 4.79 Å². The molecule has 0 radical (unpaired) electrons. The Morgan fingerprint density at radius 3 is 2.54 bits per heavy atom. The van der Waals surface area contributed by atoms with Crippen LogP contribution in [0.5, 0.6) is 0 Å². The zero-order valence-corrected chi connectivity index (χ0v) is 8.71. The molecule has 1 fully saturated rings. The van der Waals surface area contributed by atoms with Gasteiger partial charge >= 0.3 is 0 Å². The first-order chi connectivity index (χ1) is 6.09. The van der Waals surface area contributed by atoms with Gasteiger partial charge in [0.25, 0.3) is 0 Å². The van der Waals surface area contributed by atoms with Gasteiger partial charge in [0.15, 0.2) is 0 Å². The van der Waals surface area contributed by atoms with Gasteiger partial charge in [-0.1, -0.05) is 26.8 Å². The predicted octanol–water partition coefficient (Wildman–Crippen LogP) is 2.11. The van der Waals surface area contributed by atoms with Crippen molar-refractivity contribution in [2.24, 2.45) is 11.8 Å². The minimum absolute atomic E-state index is 0.0604. The summed E-state index contributed by atoms with van der Waals surface area (Å²) in [6, 6.07) is 0.421. The van der Waals surface area contributed by atoms with E-state index in [1.54, 1.807) is 6.08 Å². The molecule has 0 aromatic carbocycles. The second kappa shape index (κ2) is 4.45. The minimum atomic E-state index is 0.0604. The quantitative estimate of drug-likeness (QED) is 0.664. The molecule has 0 aliphatic heterocycles. The van der Waals surface area contributed by atoms with Crippen LogP contribution in [-0.4, -0.2) is 11.9 Å². The van der Waals surface area contributed by atoms with Crippen LogP contribution in [0.2, 0.25) is 0 Å². The molecule has 0 spiro atoms. The molecule has 2 nitrogen and oxygen atoms in total. The van der Waals surface area contributed by atoms with Crippen molar-refractivity contribution in [2.75, 3.05) is 0 Å². The minimum Gasteiger partial charge on any atom is -0.350 e. The summed E-state index contributed by atoms with van der Waals surface area (Å²) in [7, 11) is 0. The number of amides is 1. The fraction of sp³-hybridized carbons (Fsp3) is 0.727. The number of carbonyl (C=O) groups excluding carboxylic acids is 1. The van der Waals surface area contributed by atoms with E-state index in [1.807, 2.05) is 6.08 Å². The molecule has 0 heterocycles. The number of carbonyl (C=O) groups is 1. The van der Waals surface area contributed by atoms with Gasteiger partial charge in [0, 0.05) is 6.04 Å². The van der Waals surface area contributed by atoms with Gasteiger partial charge < -0.3 is 5.32 Å². The highest BCUT2D eigenvalue weighted by Crippen LogP contribution is 2.26. The second-order valence-electron chi connectivity index (χ2n) is 4.27. The molecule has 2 unspecified atom stereocenters. The Kier molecular flexibility index (Phi) is 3.52. The van der Waals surface area contributed by atoms with E-state index in [2.05, 4.69) is 26.1 Å².